The van der Waals surface area contributed by atoms with Gasteiger partial charge >= 0.3 is 0 Å². The van der Waals surface area contributed by atoms with E-state index in [2.05, 4.69) is 44.5 Å². The zero-order chi connectivity index (χ0) is 29.7. The number of hydrazone groups is 1. The smallest absolute Gasteiger partial charge is 0.264 e. The highest BCUT2D eigenvalue weighted by atomic mass is 79.9. The molecule has 4 atom stereocenters. The van der Waals surface area contributed by atoms with Crippen molar-refractivity contribution in [2.45, 2.75) is 44.3 Å². The second kappa shape index (κ2) is 11.0. The van der Waals surface area contributed by atoms with Gasteiger partial charge < -0.3 is 0 Å². The van der Waals surface area contributed by atoms with Gasteiger partial charge in [-0.2, -0.15) is 10.2 Å². The van der Waals surface area contributed by atoms with Crippen molar-refractivity contribution < 1.29 is 14.4 Å². The summed E-state index contributed by atoms with van der Waals surface area (Å²) in [6, 6.07) is 23.3. The Morgan fingerprint density at radius 3 is 2.47 bits per heavy atom. The van der Waals surface area contributed by atoms with Crippen molar-refractivity contribution >= 4 is 51.1 Å². The zero-order valence-electron chi connectivity index (χ0n) is 23.5. The molecular formula is C33H29BrN6O3. The number of benzene rings is 3. The molecule has 3 aromatic carbocycles. The number of anilines is 1. The number of amides is 3. The third-order valence-electron chi connectivity index (χ3n) is 8.54. The fourth-order valence-corrected chi connectivity index (χ4v) is 7.21. The summed E-state index contributed by atoms with van der Waals surface area (Å²) in [7, 11) is 0. The maximum absolute atomic E-state index is 14.1. The molecule has 3 amide bonds. The second-order valence-electron chi connectivity index (χ2n) is 11.3. The molecule has 2 fully saturated rings. The Balaban J connectivity index is 1.18. The lowest BCUT2D eigenvalue weighted by molar-refractivity contribution is -0.136. The quantitative estimate of drug-likeness (QED) is 0.327. The number of rotatable bonds is 5. The number of hydrogen-bond acceptors (Lipinski definition) is 7. The van der Waals surface area contributed by atoms with Crippen LogP contribution < -0.4 is 4.90 Å². The Morgan fingerprint density at radius 1 is 0.977 bits per heavy atom. The fourth-order valence-electron chi connectivity index (χ4n) is 6.54. The van der Waals surface area contributed by atoms with E-state index in [0.29, 0.717) is 10.2 Å². The van der Waals surface area contributed by atoms with Crippen molar-refractivity contribution in [2.24, 2.45) is 21.4 Å². The molecule has 0 unspecified atom stereocenters. The first-order valence-electron chi connectivity index (χ1n) is 14.4. The van der Waals surface area contributed by atoms with E-state index in [1.54, 1.807) is 11.1 Å². The fraction of sp³-hybridized carbons (Fsp3) is 0.273. The molecule has 4 aliphatic rings. The molecule has 0 N–H and O–H groups in total. The van der Waals surface area contributed by atoms with Crippen LogP contribution >= 0.6 is 15.9 Å². The number of nitrogens with zero attached hydrogens (tertiary/aromatic N) is 6. The van der Waals surface area contributed by atoms with Gasteiger partial charge in [0.1, 0.15) is 6.54 Å². The van der Waals surface area contributed by atoms with Gasteiger partial charge in [-0.25, -0.2) is 9.91 Å². The number of halogens is 1. The lowest BCUT2D eigenvalue weighted by Gasteiger charge is -2.30. The van der Waals surface area contributed by atoms with E-state index in [1.807, 2.05) is 67.6 Å². The molecule has 1 saturated carbocycles. The first kappa shape index (κ1) is 27.4. The first-order chi connectivity index (χ1) is 20.9. The van der Waals surface area contributed by atoms with E-state index in [1.165, 1.54) is 5.01 Å². The number of allylic oxidation sites excluding steroid dienone is 1. The minimum absolute atomic E-state index is 0.0482. The van der Waals surface area contributed by atoms with Crippen LogP contribution in [0.1, 0.15) is 42.0 Å². The van der Waals surface area contributed by atoms with Crippen LogP contribution in [0.25, 0.3) is 6.08 Å². The standard InChI is InChI=1S/C33H29BrN6O3/c1-20-15-16-26(25(34)17-20)39-32(42)29-31(33(39)43)38(37-35-29)19-27(41)40-30(22-11-6-3-7-12-22)24-14-8-13-23(28(24)36-40)18-21-9-4-2-5-10-21/h2-7,9-12,15-18,24,29-31H,8,13-14,19H2,1H3/b23-18+/t24-,29+,30-,31+/m0/s1. The average molecular weight is 638 g/mol. The molecule has 0 spiro atoms. The Hall–Kier alpha value is -4.44. The van der Waals surface area contributed by atoms with Crippen molar-refractivity contribution in [3.63, 3.8) is 0 Å². The normalized spacial score (nSPS) is 25.4. The van der Waals surface area contributed by atoms with Crippen LogP contribution in [0.3, 0.4) is 0 Å². The molecule has 43 heavy (non-hydrogen) atoms. The maximum atomic E-state index is 14.1. The van der Waals surface area contributed by atoms with E-state index in [0.717, 1.165) is 52.1 Å². The van der Waals surface area contributed by atoms with Gasteiger partial charge in [-0.15, -0.1) is 0 Å². The van der Waals surface area contributed by atoms with Gasteiger partial charge in [0.15, 0.2) is 12.1 Å². The van der Waals surface area contributed by atoms with Gasteiger partial charge in [-0.05, 0) is 82.6 Å². The summed E-state index contributed by atoms with van der Waals surface area (Å²) in [4.78, 5) is 42.1. The third kappa shape index (κ3) is 4.79. The second-order valence-corrected chi connectivity index (χ2v) is 12.2. The summed E-state index contributed by atoms with van der Waals surface area (Å²) in [6.45, 7) is 1.70. The monoisotopic (exact) mass is 636 g/mol. The van der Waals surface area contributed by atoms with E-state index < -0.39 is 23.9 Å². The molecule has 0 bridgehead atoms. The SMILES string of the molecule is Cc1ccc(N2C(=O)[C@@H]3N=NN(CC(=O)N4N=C5/C(=C/c6ccccc6)CCC[C@@H]5[C@@H]4c4ccccc4)[C@H]3C2=O)c(Br)c1. The molecule has 9 nitrogen and oxygen atoms in total. The van der Waals surface area contributed by atoms with Crippen LogP contribution in [0.4, 0.5) is 5.69 Å². The van der Waals surface area contributed by atoms with Gasteiger partial charge in [0.2, 0.25) is 0 Å². The highest BCUT2D eigenvalue weighted by Gasteiger charge is 2.56. The van der Waals surface area contributed by atoms with Gasteiger partial charge in [-0.1, -0.05) is 72.0 Å². The molecule has 1 saturated heterocycles. The number of hydrogen-bond donors (Lipinski definition) is 0. The van der Waals surface area contributed by atoms with E-state index >= 15 is 0 Å². The van der Waals surface area contributed by atoms with Crippen molar-refractivity contribution in [1.29, 1.82) is 0 Å². The predicted molar refractivity (Wildman–Crippen MR) is 166 cm³/mol. The Kier molecular flexibility index (Phi) is 7.01. The van der Waals surface area contributed by atoms with Crippen LogP contribution in [0.2, 0.25) is 0 Å². The highest BCUT2D eigenvalue weighted by molar-refractivity contribution is 9.10. The molecule has 7 rings (SSSR count). The van der Waals surface area contributed by atoms with Crippen LogP contribution in [0, 0.1) is 12.8 Å². The lowest BCUT2D eigenvalue weighted by Crippen LogP contribution is -2.45. The molecule has 216 valence electrons. The molecule has 1 aliphatic carbocycles. The minimum atomic E-state index is -0.994. The van der Waals surface area contributed by atoms with Crippen LogP contribution in [0.5, 0.6) is 0 Å². The number of aryl methyl sites for hydroxylation is 1. The van der Waals surface area contributed by atoms with Crippen LogP contribution in [0.15, 0.2) is 104 Å². The Labute approximate surface area is 257 Å². The highest BCUT2D eigenvalue weighted by Crippen LogP contribution is 2.45. The van der Waals surface area contributed by atoms with E-state index in [-0.39, 0.29) is 24.4 Å². The van der Waals surface area contributed by atoms with Crippen molar-refractivity contribution in [3.8, 4) is 0 Å². The molecule has 0 aromatic heterocycles. The summed E-state index contributed by atoms with van der Waals surface area (Å²) in [5.74, 6) is -1.16. The largest absolute Gasteiger partial charge is 0.271 e. The maximum Gasteiger partial charge on any atom is 0.264 e. The number of carbonyl (C=O) groups excluding carboxylic acids is 3. The topological polar surface area (TPSA) is 98.0 Å². The number of imide groups is 1. The van der Waals surface area contributed by atoms with Crippen molar-refractivity contribution in [2.75, 3.05) is 11.4 Å². The summed E-state index contributed by atoms with van der Waals surface area (Å²) >= 11 is 3.48. The van der Waals surface area contributed by atoms with Gasteiger partial charge in [0.25, 0.3) is 17.7 Å². The number of fused-ring (bicyclic) bond motifs is 2. The summed E-state index contributed by atoms with van der Waals surface area (Å²) in [5, 5.41) is 16.1. The van der Waals surface area contributed by atoms with E-state index in [4.69, 9.17) is 5.10 Å². The average Bonchev–Trinajstić information content (AvgIpc) is 3.68. The molecule has 0 radical (unpaired) electrons. The van der Waals surface area contributed by atoms with Crippen LogP contribution in [-0.2, 0) is 14.4 Å². The summed E-state index contributed by atoms with van der Waals surface area (Å²) in [5.41, 5.74) is 5.61. The predicted octanol–water partition coefficient (Wildman–Crippen LogP) is 5.87. The van der Waals surface area contributed by atoms with Crippen LogP contribution in [-0.4, -0.2) is 52.1 Å². The minimum Gasteiger partial charge on any atom is -0.271 e. The lowest BCUT2D eigenvalue weighted by atomic mass is 9.77. The van der Waals surface area contributed by atoms with Crippen molar-refractivity contribution in [3.05, 3.63) is 106 Å². The molecule has 3 aromatic rings. The molecule has 3 heterocycles. The number of carbonyl (C=O) groups is 3. The Morgan fingerprint density at radius 2 is 1.72 bits per heavy atom. The molecular weight excluding hydrogens is 608 g/mol. The van der Waals surface area contributed by atoms with E-state index in [9.17, 15) is 14.4 Å². The van der Waals surface area contributed by atoms with Gasteiger partial charge in [-0.3, -0.25) is 19.4 Å². The molecule has 3 aliphatic heterocycles. The third-order valence-corrected chi connectivity index (χ3v) is 9.17. The summed E-state index contributed by atoms with van der Waals surface area (Å²) < 4.78 is 0.634. The first-order valence-corrected chi connectivity index (χ1v) is 15.2. The zero-order valence-corrected chi connectivity index (χ0v) is 25.1. The summed E-state index contributed by atoms with van der Waals surface area (Å²) in [6.07, 6.45) is 4.97. The van der Waals surface area contributed by atoms with Gasteiger partial charge in [0, 0.05) is 10.4 Å². The van der Waals surface area contributed by atoms with Gasteiger partial charge in [0.05, 0.1) is 17.4 Å². The Bertz CT molecular complexity index is 1710. The molecule has 10 heteroatoms. The van der Waals surface area contributed by atoms with Crippen molar-refractivity contribution in [1.82, 2.24) is 10.0 Å².